The van der Waals surface area contributed by atoms with Gasteiger partial charge in [0.25, 0.3) is 0 Å². The molecule has 3 rings (SSSR count). The Labute approximate surface area is 176 Å². The zero-order chi connectivity index (χ0) is 18.4. The van der Waals surface area contributed by atoms with Gasteiger partial charge in [-0.1, -0.05) is 6.07 Å². The maximum absolute atomic E-state index is 5.28. The highest BCUT2D eigenvalue weighted by Crippen LogP contribution is 2.14. The number of methoxy groups -OCH3 is 2. The summed E-state index contributed by atoms with van der Waals surface area (Å²) in [6.45, 7) is 1.77. The molecule has 0 fully saturated rings. The summed E-state index contributed by atoms with van der Waals surface area (Å²) in [4.78, 5) is 13.0. The maximum atomic E-state index is 5.28. The Balaban J connectivity index is 0.00000261. The zero-order valence-electron chi connectivity index (χ0n) is 15.8. The van der Waals surface area contributed by atoms with E-state index in [0.717, 1.165) is 42.6 Å². The number of aromatic nitrogens is 4. The van der Waals surface area contributed by atoms with Gasteiger partial charge < -0.3 is 20.1 Å². The normalized spacial score (nSPS) is 16.3. The van der Waals surface area contributed by atoms with Crippen molar-refractivity contribution in [2.45, 2.75) is 38.6 Å². The van der Waals surface area contributed by atoms with E-state index in [1.54, 1.807) is 27.5 Å². The number of nitrogens with one attached hydrogen (secondary N) is 2. The van der Waals surface area contributed by atoms with Crippen LogP contribution in [0.15, 0.2) is 23.3 Å². The van der Waals surface area contributed by atoms with Crippen LogP contribution in [0.25, 0.3) is 0 Å². The second-order valence-corrected chi connectivity index (χ2v) is 6.04. The van der Waals surface area contributed by atoms with Crippen LogP contribution in [0.5, 0.6) is 5.88 Å². The lowest BCUT2D eigenvalue weighted by atomic mass is 10.1. The Morgan fingerprint density at radius 3 is 3.00 bits per heavy atom. The lowest BCUT2D eigenvalue weighted by Gasteiger charge is -2.25. The van der Waals surface area contributed by atoms with Crippen LogP contribution in [0, 0.1) is 0 Å². The van der Waals surface area contributed by atoms with Crippen LogP contribution < -0.4 is 15.4 Å². The van der Waals surface area contributed by atoms with E-state index in [1.807, 2.05) is 16.8 Å². The average Bonchev–Trinajstić information content (AvgIpc) is 3.07. The number of fused-ring (bicyclic) bond motifs is 1. The molecule has 0 spiro atoms. The van der Waals surface area contributed by atoms with Crippen LogP contribution in [0.3, 0.4) is 0 Å². The minimum Gasteiger partial charge on any atom is -0.481 e. The Bertz CT molecular complexity index is 765. The summed E-state index contributed by atoms with van der Waals surface area (Å²) in [7, 11) is 5.03. The van der Waals surface area contributed by atoms with E-state index >= 15 is 0 Å². The van der Waals surface area contributed by atoms with Gasteiger partial charge in [-0.25, -0.2) is 14.6 Å². The van der Waals surface area contributed by atoms with Gasteiger partial charge in [-0.05, 0) is 12.5 Å². The first-order chi connectivity index (χ1) is 12.7. The highest BCUT2D eigenvalue weighted by molar-refractivity contribution is 14.0. The minimum absolute atomic E-state index is 0. The molecule has 0 aromatic carbocycles. The standard InChI is InChI=1S/C17H25N7O2.HI/c1-18-17(20-9-12-5-4-8-19-16(12)26-3)21-13-6-7-15-22-14(11-25-2)23-24(15)10-13;/h4-5,8,13H,6-7,9-11H2,1-3H3,(H2,18,20,21);1H. The molecule has 9 nitrogen and oxygen atoms in total. The Morgan fingerprint density at radius 2 is 2.26 bits per heavy atom. The van der Waals surface area contributed by atoms with Gasteiger partial charge in [0, 0.05) is 44.9 Å². The number of rotatable bonds is 6. The number of aliphatic imine (C=N–C) groups is 1. The number of pyridine rings is 1. The maximum Gasteiger partial charge on any atom is 0.218 e. The second kappa shape index (κ2) is 10.4. The highest BCUT2D eigenvalue weighted by atomic mass is 127. The molecule has 0 radical (unpaired) electrons. The van der Waals surface area contributed by atoms with Gasteiger partial charge in [-0.15, -0.1) is 24.0 Å². The van der Waals surface area contributed by atoms with Crippen LogP contribution >= 0.6 is 24.0 Å². The van der Waals surface area contributed by atoms with Gasteiger partial charge in [0.2, 0.25) is 5.88 Å². The van der Waals surface area contributed by atoms with Crippen LogP contribution in [0.2, 0.25) is 0 Å². The van der Waals surface area contributed by atoms with Crippen molar-refractivity contribution in [1.29, 1.82) is 0 Å². The quantitative estimate of drug-likeness (QED) is 0.358. The van der Waals surface area contributed by atoms with Gasteiger partial charge >= 0.3 is 0 Å². The molecular weight excluding hydrogens is 461 g/mol. The molecule has 27 heavy (non-hydrogen) atoms. The van der Waals surface area contributed by atoms with E-state index in [1.165, 1.54) is 0 Å². The number of halogens is 1. The molecule has 1 unspecified atom stereocenters. The number of hydrogen-bond acceptors (Lipinski definition) is 6. The Morgan fingerprint density at radius 1 is 1.41 bits per heavy atom. The summed E-state index contributed by atoms with van der Waals surface area (Å²) in [5.74, 6) is 3.10. The summed E-state index contributed by atoms with van der Waals surface area (Å²) in [6.07, 6.45) is 3.56. The first-order valence-electron chi connectivity index (χ1n) is 8.60. The molecule has 0 saturated heterocycles. The molecule has 148 valence electrons. The van der Waals surface area contributed by atoms with Crippen molar-refractivity contribution in [3.8, 4) is 5.88 Å². The molecule has 0 bridgehead atoms. The number of guanidine groups is 1. The van der Waals surface area contributed by atoms with Gasteiger partial charge in [0.05, 0.1) is 13.7 Å². The first kappa shape index (κ1) is 21.4. The van der Waals surface area contributed by atoms with Crippen molar-refractivity contribution in [2.24, 2.45) is 4.99 Å². The molecule has 2 aromatic rings. The molecule has 2 N–H and O–H groups in total. The van der Waals surface area contributed by atoms with E-state index in [4.69, 9.17) is 9.47 Å². The van der Waals surface area contributed by atoms with Gasteiger partial charge in [-0.3, -0.25) is 4.99 Å². The summed E-state index contributed by atoms with van der Waals surface area (Å²) in [6, 6.07) is 4.11. The van der Waals surface area contributed by atoms with E-state index in [0.29, 0.717) is 19.0 Å². The summed E-state index contributed by atoms with van der Waals surface area (Å²) in [5.41, 5.74) is 0.976. The van der Waals surface area contributed by atoms with E-state index in [9.17, 15) is 0 Å². The molecular formula is C17H26IN7O2. The lowest BCUT2D eigenvalue weighted by Crippen LogP contribution is -2.46. The van der Waals surface area contributed by atoms with Crippen LogP contribution in [-0.2, 0) is 30.9 Å². The lowest BCUT2D eigenvalue weighted by molar-refractivity contribution is 0.177. The molecule has 0 aliphatic carbocycles. The van der Waals surface area contributed by atoms with Gasteiger partial charge in [0.1, 0.15) is 12.4 Å². The Hall–Kier alpha value is -1.95. The predicted octanol–water partition coefficient (Wildman–Crippen LogP) is 1.13. The van der Waals surface area contributed by atoms with Crippen LogP contribution in [0.4, 0.5) is 0 Å². The van der Waals surface area contributed by atoms with Gasteiger partial charge in [-0.2, -0.15) is 5.10 Å². The number of aryl methyl sites for hydroxylation is 1. The van der Waals surface area contributed by atoms with E-state index < -0.39 is 0 Å². The van der Waals surface area contributed by atoms with Crippen molar-refractivity contribution < 1.29 is 9.47 Å². The fourth-order valence-electron chi connectivity index (χ4n) is 2.98. The highest BCUT2D eigenvalue weighted by Gasteiger charge is 2.22. The third-order valence-electron chi connectivity index (χ3n) is 4.23. The minimum atomic E-state index is 0. The summed E-state index contributed by atoms with van der Waals surface area (Å²) >= 11 is 0. The molecule has 1 atom stereocenters. The summed E-state index contributed by atoms with van der Waals surface area (Å²) < 4.78 is 12.3. The first-order valence-corrected chi connectivity index (χ1v) is 8.60. The predicted molar refractivity (Wildman–Crippen MR) is 112 cm³/mol. The molecule has 0 saturated carbocycles. The molecule has 1 aliphatic heterocycles. The van der Waals surface area contributed by atoms with Crippen LogP contribution in [-0.4, -0.2) is 53.0 Å². The largest absolute Gasteiger partial charge is 0.481 e. The summed E-state index contributed by atoms with van der Waals surface area (Å²) in [5, 5.41) is 11.3. The molecule has 0 amide bonds. The molecule has 10 heteroatoms. The zero-order valence-corrected chi connectivity index (χ0v) is 18.1. The number of hydrogen-bond donors (Lipinski definition) is 2. The number of ether oxygens (including phenoxy) is 2. The molecule has 3 heterocycles. The second-order valence-electron chi connectivity index (χ2n) is 6.04. The van der Waals surface area contributed by atoms with E-state index in [2.05, 4.69) is 30.7 Å². The fraction of sp³-hybridized carbons (Fsp3) is 0.529. The van der Waals surface area contributed by atoms with E-state index in [-0.39, 0.29) is 30.0 Å². The van der Waals surface area contributed by atoms with Gasteiger partial charge in [0.15, 0.2) is 11.8 Å². The molecule has 1 aliphatic rings. The monoisotopic (exact) mass is 487 g/mol. The molecule has 2 aromatic heterocycles. The van der Waals surface area contributed by atoms with Crippen LogP contribution in [0.1, 0.15) is 23.6 Å². The average molecular weight is 487 g/mol. The third kappa shape index (κ3) is 5.51. The topological polar surface area (TPSA) is 98.5 Å². The van der Waals surface area contributed by atoms with Crippen molar-refractivity contribution >= 4 is 29.9 Å². The van der Waals surface area contributed by atoms with Crippen molar-refractivity contribution in [2.75, 3.05) is 21.3 Å². The van der Waals surface area contributed by atoms with Crippen molar-refractivity contribution in [3.63, 3.8) is 0 Å². The Kier molecular flexibility index (Phi) is 8.23. The SMILES string of the molecule is CN=C(NCc1cccnc1OC)NC1CCc2nc(COC)nn2C1.I. The smallest absolute Gasteiger partial charge is 0.218 e. The third-order valence-corrected chi connectivity index (χ3v) is 4.23. The van der Waals surface area contributed by atoms with Crippen molar-refractivity contribution in [1.82, 2.24) is 30.4 Å². The van der Waals surface area contributed by atoms with Crippen molar-refractivity contribution in [3.05, 3.63) is 35.5 Å². The number of nitrogens with zero attached hydrogens (tertiary/aromatic N) is 5. The fourth-order valence-corrected chi connectivity index (χ4v) is 2.98.